The molecule has 0 N–H and O–H groups in total. The van der Waals surface area contributed by atoms with E-state index in [9.17, 15) is 13.2 Å². The number of rotatable bonds is 5. The van der Waals surface area contributed by atoms with Crippen molar-refractivity contribution in [3.63, 3.8) is 0 Å². The van der Waals surface area contributed by atoms with Crippen molar-refractivity contribution < 1.29 is 17.9 Å². The first kappa shape index (κ1) is 18.9. The number of sulfone groups is 1. The highest BCUT2D eigenvalue weighted by molar-refractivity contribution is 7.91. The van der Waals surface area contributed by atoms with Gasteiger partial charge in [-0.15, -0.1) is 0 Å². The zero-order valence-electron chi connectivity index (χ0n) is 15.7. The van der Waals surface area contributed by atoms with Crippen LogP contribution in [0.15, 0.2) is 30.3 Å². The predicted octanol–water partition coefficient (Wildman–Crippen LogP) is 1.57. The maximum absolute atomic E-state index is 13.3. The van der Waals surface area contributed by atoms with E-state index in [2.05, 4.69) is 4.90 Å². The maximum atomic E-state index is 13.3. The molecule has 1 unspecified atom stereocenters. The number of hydrogen-bond donors (Lipinski definition) is 0. The van der Waals surface area contributed by atoms with Crippen LogP contribution in [0.25, 0.3) is 0 Å². The van der Waals surface area contributed by atoms with Crippen LogP contribution >= 0.6 is 0 Å². The van der Waals surface area contributed by atoms with Gasteiger partial charge in [0.15, 0.2) is 0 Å². The second kappa shape index (κ2) is 7.53. The van der Waals surface area contributed by atoms with E-state index < -0.39 is 9.84 Å². The number of para-hydroxylation sites is 1. The molecule has 1 atom stereocenters. The van der Waals surface area contributed by atoms with Gasteiger partial charge in [-0.3, -0.25) is 9.69 Å². The van der Waals surface area contributed by atoms with Crippen molar-refractivity contribution in [2.75, 3.05) is 55.8 Å². The minimum absolute atomic E-state index is 0.0297. The van der Waals surface area contributed by atoms with Crippen LogP contribution in [0, 0.1) is 11.3 Å². The Morgan fingerprint density at radius 1 is 1.15 bits per heavy atom. The molecule has 2 heterocycles. The Hall–Kier alpha value is -1.44. The van der Waals surface area contributed by atoms with Crippen LogP contribution in [0.2, 0.25) is 0 Å². The van der Waals surface area contributed by atoms with Crippen LogP contribution in [0.1, 0.15) is 19.3 Å². The minimum Gasteiger partial charge on any atom is -0.379 e. The summed E-state index contributed by atoms with van der Waals surface area (Å²) < 4.78 is 28.9. The van der Waals surface area contributed by atoms with E-state index in [0.717, 1.165) is 45.0 Å². The van der Waals surface area contributed by atoms with Crippen LogP contribution < -0.4 is 4.90 Å². The van der Waals surface area contributed by atoms with Crippen molar-refractivity contribution in [2.24, 2.45) is 11.3 Å². The van der Waals surface area contributed by atoms with Crippen LogP contribution in [-0.2, 0) is 19.4 Å². The Morgan fingerprint density at radius 2 is 1.81 bits per heavy atom. The van der Waals surface area contributed by atoms with E-state index in [4.69, 9.17) is 4.74 Å². The van der Waals surface area contributed by atoms with E-state index in [-0.39, 0.29) is 28.7 Å². The molecule has 27 heavy (non-hydrogen) atoms. The first-order valence-corrected chi connectivity index (χ1v) is 11.7. The predicted molar refractivity (Wildman–Crippen MR) is 104 cm³/mol. The lowest BCUT2D eigenvalue weighted by Gasteiger charge is -2.31. The summed E-state index contributed by atoms with van der Waals surface area (Å²) in [6, 6.07) is 9.84. The molecule has 1 spiro atoms. The van der Waals surface area contributed by atoms with Gasteiger partial charge in [-0.1, -0.05) is 18.2 Å². The highest BCUT2D eigenvalue weighted by atomic mass is 32.2. The minimum atomic E-state index is -2.90. The summed E-state index contributed by atoms with van der Waals surface area (Å²) in [6.07, 6.45) is 2.11. The molecule has 3 aliphatic rings. The lowest BCUT2D eigenvalue weighted by atomic mass is 9.95. The SMILES string of the molecule is O=C(C1CC12CCS(=O)(=O)CC2)N(CCN1CCOCC1)c1ccccc1. The first-order valence-electron chi connectivity index (χ1n) is 9.86. The number of morpholine rings is 1. The molecule has 3 fully saturated rings. The number of amides is 1. The second-order valence-electron chi connectivity index (χ2n) is 8.05. The first-order chi connectivity index (χ1) is 13.0. The van der Waals surface area contributed by atoms with Gasteiger partial charge in [0.25, 0.3) is 0 Å². The quantitative estimate of drug-likeness (QED) is 0.761. The molecule has 0 radical (unpaired) electrons. The highest BCUT2D eigenvalue weighted by Crippen LogP contribution is 2.60. The smallest absolute Gasteiger partial charge is 0.230 e. The van der Waals surface area contributed by atoms with Crippen LogP contribution in [0.4, 0.5) is 5.69 Å². The van der Waals surface area contributed by atoms with Crippen LogP contribution in [0.5, 0.6) is 0 Å². The molecule has 4 rings (SSSR count). The highest BCUT2D eigenvalue weighted by Gasteiger charge is 2.60. The van der Waals surface area contributed by atoms with Gasteiger partial charge in [-0.2, -0.15) is 0 Å². The molecular formula is C20H28N2O4S. The molecule has 0 bridgehead atoms. The molecule has 1 aromatic carbocycles. The fraction of sp³-hybridized carbons (Fsp3) is 0.650. The topological polar surface area (TPSA) is 66.9 Å². The summed E-state index contributed by atoms with van der Waals surface area (Å²) in [5.74, 6) is 0.595. The third-order valence-electron chi connectivity index (χ3n) is 6.39. The van der Waals surface area contributed by atoms with Crippen molar-refractivity contribution in [3.8, 4) is 0 Å². The van der Waals surface area contributed by atoms with Gasteiger partial charge in [-0.25, -0.2) is 8.42 Å². The lowest BCUT2D eigenvalue weighted by molar-refractivity contribution is -0.120. The molecule has 148 valence electrons. The van der Waals surface area contributed by atoms with Gasteiger partial charge in [-0.05, 0) is 36.8 Å². The van der Waals surface area contributed by atoms with Crippen molar-refractivity contribution in [3.05, 3.63) is 30.3 Å². The number of carbonyl (C=O) groups excluding carboxylic acids is 1. The summed E-state index contributed by atoms with van der Waals surface area (Å²) in [7, 11) is -2.90. The average molecular weight is 393 g/mol. The number of benzene rings is 1. The molecule has 7 heteroatoms. The fourth-order valence-electron chi connectivity index (χ4n) is 4.42. The number of ether oxygens (including phenoxy) is 1. The maximum Gasteiger partial charge on any atom is 0.230 e. The van der Waals surface area contributed by atoms with Crippen molar-refractivity contribution >= 4 is 21.4 Å². The van der Waals surface area contributed by atoms with Crippen molar-refractivity contribution in [1.29, 1.82) is 0 Å². The van der Waals surface area contributed by atoms with E-state index in [1.807, 2.05) is 35.2 Å². The molecule has 1 amide bonds. The number of anilines is 1. The van der Waals surface area contributed by atoms with Gasteiger partial charge >= 0.3 is 0 Å². The molecule has 6 nitrogen and oxygen atoms in total. The zero-order chi connectivity index (χ0) is 18.9. The van der Waals surface area contributed by atoms with Crippen molar-refractivity contribution in [2.45, 2.75) is 19.3 Å². The van der Waals surface area contributed by atoms with Crippen LogP contribution in [-0.4, -0.2) is 70.1 Å². The van der Waals surface area contributed by atoms with E-state index in [0.29, 0.717) is 19.4 Å². The molecular weight excluding hydrogens is 364 g/mol. The normalized spacial score (nSPS) is 26.6. The Bertz CT molecular complexity index is 760. The summed E-state index contributed by atoms with van der Waals surface area (Å²) >= 11 is 0. The molecule has 1 aromatic rings. The summed E-state index contributed by atoms with van der Waals surface area (Å²) in [5, 5.41) is 0. The average Bonchev–Trinajstić information content (AvgIpc) is 3.40. The van der Waals surface area contributed by atoms with Gasteiger partial charge in [0.1, 0.15) is 9.84 Å². The standard InChI is InChI=1S/C20H28N2O4S/c23-19(18-16-20(18)6-14-27(24,25)15-7-20)22(17-4-2-1-3-5-17)9-8-21-10-12-26-13-11-21/h1-5,18H,6-16H2. The van der Waals surface area contributed by atoms with E-state index in [1.54, 1.807) is 0 Å². The third-order valence-corrected chi connectivity index (χ3v) is 8.04. The van der Waals surface area contributed by atoms with Gasteiger partial charge < -0.3 is 9.64 Å². The second-order valence-corrected chi connectivity index (χ2v) is 10.4. The third kappa shape index (κ3) is 4.20. The van der Waals surface area contributed by atoms with E-state index in [1.165, 1.54) is 0 Å². The number of nitrogens with zero attached hydrogens (tertiary/aromatic N) is 2. The number of hydrogen-bond acceptors (Lipinski definition) is 5. The molecule has 2 saturated heterocycles. The summed E-state index contributed by atoms with van der Waals surface area (Å²) in [6.45, 7) is 4.80. The summed E-state index contributed by atoms with van der Waals surface area (Å²) in [4.78, 5) is 17.6. The molecule has 0 aromatic heterocycles. The van der Waals surface area contributed by atoms with Crippen molar-refractivity contribution in [1.82, 2.24) is 4.90 Å². The van der Waals surface area contributed by atoms with Gasteiger partial charge in [0.05, 0.1) is 24.7 Å². The number of carbonyl (C=O) groups is 1. The fourth-order valence-corrected chi connectivity index (χ4v) is 6.06. The largest absolute Gasteiger partial charge is 0.379 e. The molecule has 2 aliphatic heterocycles. The molecule has 1 saturated carbocycles. The molecule has 1 aliphatic carbocycles. The van der Waals surface area contributed by atoms with Gasteiger partial charge in [0.2, 0.25) is 5.91 Å². The van der Waals surface area contributed by atoms with E-state index >= 15 is 0 Å². The van der Waals surface area contributed by atoms with Gasteiger partial charge in [0, 0.05) is 37.8 Å². The van der Waals surface area contributed by atoms with Crippen LogP contribution in [0.3, 0.4) is 0 Å². The zero-order valence-corrected chi connectivity index (χ0v) is 16.5. The Labute approximate surface area is 161 Å². The Balaban J connectivity index is 1.45. The Morgan fingerprint density at radius 3 is 2.48 bits per heavy atom. The summed E-state index contributed by atoms with van der Waals surface area (Å²) in [5.41, 5.74) is 0.857. The Kier molecular flexibility index (Phi) is 5.27. The monoisotopic (exact) mass is 392 g/mol. The lowest BCUT2D eigenvalue weighted by Crippen LogP contribution is -2.44.